The van der Waals surface area contributed by atoms with Crippen LogP contribution in [0.3, 0.4) is 0 Å². The molecule has 2 aromatic rings. The second kappa shape index (κ2) is 10.9. The van der Waals surface area contributed by atoms with E-state index in [0.717, 1.165) is 5.69 Å². The van der Waals surface area contributed by atoms with Crippen LogP contribution < -0.4 is 14.4 Å². The molecular weight excluding hydrogens is 410 g/mol. The van der Waals surface area contributed by atoms with Crippen LogP contribution in [0.4, 0.5) is 5.69 Å². The number of piperazine rings is 1. The van der Waals surface area contributed by atoms with Crippen molar-refractivity contribution in [1.82, 2.24) is 4.90 Å². The minimum absolute atomic E-state index is 0.0449. The summed E-state index contributed by atoms with van der Waals surface area (Å²) in [5.41, 5.74) is 1.78. The molecule has 1 fully saturated rings. The summed E-state index contributed by atoms with van der Waals surface area (Å²) in [5, 5.41) is 9.59. The van der Waals surface area contributed by atoms with E-state index in [-0.39, 0.29) is 18.1 Å². The zero-order chi connectivity index (χ0) is 22.9. The van der Waals surface area contributed by atoms with Gasteiger partial charge in [0, 0.05) is 31.9 Å². The number of nitrogens with zero attached hydrogens (tertiary/aromatic N) is 3. The predicted molar refractivity (Wildman–Crippen MR) is 119 cm³/mol. The van der Waals surface area contributed by atoms with E-state index < -0.39 is 5.97 Å². The molecule has 1 aliphatic rings. The van der Waals surface area contributed by atoms with Crippen molar-refractivity contribution in [2.45, 2.75) is 0 Å². The van der Waals surface area contributed by atoms with Crippen molar-refractivity contribution in [3.05, 3.63) is 59.7 Å². The number of esters is 1. The van der Waals surface area contributed by atoms with Crippen LogP contribution in [-0.2, 0) is 14.3 Å². The largest absolute Gasteiger partial charge is 0.493 e. The van der Waals surface area contributed by atoms with Crippen LogP contribution in [0.2, 0.25) is 0 Å². The Morgan fingerprint density at radius 1 is 1.03 bits per heavy atom. The van der Waals surface area contributed by atoms with Gasteiger partial charge in [0.15, 0.2) is 18.1 Å². The van der Waals surface area contributed by atoms with Crippen molar-refractivity contribution >= 4 is 23.6 Å². The van der Waals surface area contributed by atoms with Crippen LogP contribution in [0.15, 0.2) is 54.1 Å². The highest BCUT2D eigenvalue weighted by molar-refractivity contribution is 6.01. The second-order valence-corrected chi connectivity index (χ2v) is 7.06. The summed E-state index contributed by atoms with van der Waals surface area (Å²) in [4.78, 5) is 28.1. The standard InChI is InChI=1S/C24H25N3O5/c1-30-22-15-18(8-9-21(22)32-17-23(28)31-2)14-19(16-25)24(29)27-12-10-26(11-13-27)20-6-4-3-5-7-20/h3-9,14-15H,10-13,17H2,1-2H3/b19-14-. The minimum atomic E-state index is -0.513. The molecule has 3 rings (SSSR count). The average Bonchev–Trinajstić information content (AvgIpc) is 2.86. The first-order valence-corrected chi connectivity index (χ1v) is 10.1. The highest BCUT2D eigenvalue weighted by Gasteiger charge is 2.24. The number of nitriles is 1. The highest BCUT2D eigenvalue weighted by Crippen LogP contribution is 2.29. The summed E-state index contributed by atoms with van der Waals surface area (Å²) in [5.74, 6) is -0.0771. The summed E-state index contributed by atoms with van der Waals surface area (Å²) in [6.07, 6.45) is 1.53. The lowest BCUT2D eigenvalue weighted by Gasteiger charge is -2.36. The van der Waals surface area contributed by atoms with Crippen LogP contribution >= 0.6 is 0 Å². The Bertz CT molecular complexity index is 1020. The van der Waals surface area contributed by atoms with Crippen LogP contribution in [0.1, 0.15) is 5.56 Å². The Balaban J connectivity index is 1.68. The van der Waals surface area contributed by atoms with E-state index in [9.17, 15) is 14.9 Å². The molecular formula is C24H25N3O5. The van der Waals surface area contributed by atoms with Crippen LogP contribution in [-0.4, -0.2) is 63.8 Å². The Labute approximate surface area is 187 Å². The number of rotatable bonds is 7. The lowest BCUT2D eigenvalue weighted by Crippen LogP contribution is -2.49. The molecule has 0 N–H and O–H groups in total. The lowest BCUT2D eigenvalue weighted by atomic mass is 10.1. The molecule has 0 bridgehead atoms. The third kappa shape index (κ3) is 5.58. The first kappa shape index (κ1) is 22.7. The average molecular weight is 435 g/mol. The molecule has 0 aromatic heterocycles. The Morgan fingerprint density at radius 3 is 2.38 bits per heavy atom. The Morgan fingerprint density at radius 2 is 1.75 bits per heavy atom. The van der Waals surface area contributed by atoms with Crippen molar-refractivity contribution in [2.75, 3.05) is 51.9 Å². The molecule has 1 aliphatic heterocycles. The number of para-hydroxylation sites is 1. The number of anilines is 1. The van der Waals surface area contributed by atoms with Crippen molar-refractivity contribution in [3.63, 3.8) is 0 Å². The summed E-state index contributed by atoms with van der Waals surface area (Å²) in [7, 11) is 2.75. The molecule has 166 valence electrons. The van der Waals surface area contributed by atoms with E-state index >= 15 is 0 Å². The fourth-order valence-electron chi connectivity index (χ4n) is 3.37. The van der Waals surface area contributed by atoms with Gasteiger partial charge in [-0.05, 0) is 35.9 Å². The number of amides is 1. The number of carbonyl (C=O) groups is 2. The number of hydrogen-bond acceptors (Lipinski definition) is 7. The summed E-state index contributed by atoms with van der Waals surface area (Å²) >= 11 is 0. The molecule has 2 aromatic carbocycles. The summed E-state index contributed by atoms with van der Waals surface area (Å²) in [6.45, 7) is 2.23. The van der Waals surface area contributed by atoms with Crippen LogP contribution in [0.5, 0.6) is 11.5 Å². The van der Waals surface area contributed by atoms with Gasteiger partial charge < -0.3 is 24.0 Å². The highest BCUT2D eigenvalue weighted by atomic mass is 16.6. The quantitative estimate of drug-likeness (QED) is 0.375. The van der Waals surface area contributed by atoms with Gasteiger partial charge in [0.25, 0.3) is 5.91 Å². The molecule has 0 aliphatic carbocycles. The third-order valence-corrected chi connectivity index (χ3v) is 5.11. The van der Waals surface area contributed by atoms with E-state index in [4.69, 9.17) is 9.47 Å². The zero-order valence-corrected chi connectivity index (χ0v) is 18.1. The number of benzene rings is 2. The first-order chi connectivity index (χ1) is 15.5. The number of carbonyl (C=O) groups excluding carboxylic acids is 2. The maximum atomic E-state index is 12.9. The first-order valence-electron chi connectivity index (χ1n) is 10.1. The summed E-state index contributed by atoms with van der Waals surface area (Å²) < 4.78 is 15.3. The fourth-order valence-corrected chi connectivity index (χ4v) is 3.37. The zero-order valence-electron chi connectivity index (χ0n) is 18.1. The molecule has 0 spiro atoms. The van der Waals surface area contributed by atoms with E-state index in [1.54, 1.807) is 23.1 Å². The lowest BCUT2D eigenvalue weighted by molar-refractivity contribution is -0.143. The molecule has 0 atom stereocenters. The van der Waals surface area contributed by atoms with Crippen LogP contribution in [0.25, 0.3) is 6.08 Å². The molecule has 0 saturated carbocycles. The fraction of sp³-hybridized carbons (Fsp3) is 0.292. The summed E-state index contributed by atoms with van der Waals surface area (Å²) in [6, 6.07) is 17.0. The Hall–Kier alpha value is -3.99. The van der Waals surface area contributed by atoms with Crippen molar-refractivity contribution in [1.29, 1.82) is 5.26 Å². The Kier molecular flexibility index (Phi) is 7.70. The topological polar surface area (TPSA) is 92.1 Å². The number of methoxy groups -OCH3 is 2. The van der Waals surface area contributed by atoms with E-state index in [2.05, 4.69) is 9.64 Å². The smallest absolute Gasteiger partial charge is 0.343 e. The second-order valence-electron chi connectivity index (χ2n) is 7.06. The molecule has 1 heterocycles. The van der Waals surface area contributed by atoms with Gasteiger partial charge in [-0.1, -0.05) is 24.3 Å². The van der Waals surface area contributed by atoms with Gasteiger partial charge in [0.05, 0.1) is 14.2 Å². The van der Waals surface area contributed by atoms with Gasteiger partial charge >= 0.3 is 5.97 Å². The van der Waals surface area contributed by atoms with Gasteiger partial charge in [0.1, 0.15) is 11.6 Å². The molecule has 8 heteroatoms. The van der Waals surface area contributed by atoms with Crippen molar-refractivity contribution < 1.29 is 23.8 Å². The van der Waals surface area contributed by atoms with Crippen LogP contribution in [0, 0.1) is 11.3 Å². The van der Waals surface area contributed by atoms with Gasteiger partial charge in [-0.3, -0.25) is 4.79 Å². The number of hydrogen-bond donors (Lipinski definition) is 0. The molecule has 32 heavy (non-hydrogen) atoms. The third-order valence-electron chi connectivity index (χ3n) is 5.11. The van der Waals surface area contributed by atoms with Crippen molar-refractivity contribution in [2.24, 2.45) is 0 Å². The van der Waals surface area contributed by atoms with Gasteiger partial charge in [-0.25, -0.2) is 4.79 Å². The molecule has 0 unspecified atom stereocenters. The SMILES string of the molecule is COC(=O)COc1ccc(/C=C(/C#N)C(=O)N2CCN(c3ccccc3)CC2)cc1OC. The maximum Gasteiger partial charge on any atom is 0.343 e. The van der Waals surface area contributed by atoms with E-state index in [0.29, 0.717) is 43.2 Å². The molecule has 1 saturated heterocycles. The normalized spacial score (nSPS) is 13.8. The van der Waals surface area contributed by atoms with Gasteiger partial charge in [-0.2, -0.15) is 5.26 Å². The predicted octanol–water partition coefficient (Wildman–Crippen LogP) is 2.50. The molecule has 0 radical (unpaired) electrons. The maximum absolute atomic E-state index is 12.9. The van der Waals surface area contributed by atoms with Gasteiger partial charge in [0.2, 0.25) is 0 Å². The monoisotopic (exact) mass is 435 g/mol. The van der Waals surface area contributed by atoms with Gasteiger partial charge in [-0.15, -0.1) is 0 Å². The van der Waals surface area contributed by atoms with Crippen molar-refractivity contribution in [3.8, 4) is 17.6 Å². The number of ether oxygens (including phenoxy) is 3. The molecule has 8 nitrogen and oxygen atoms in total. The van der Waals surface area contributed by atoms with E-state index in [1.165, 1.54) is 20.3 Å². The van der Waals surface area contributed by atoms with E-state index in [1.807, 2.05) is 36.4 Å². The molecule has 1 amide bonds. The minimum Gasteiger partial charge on any atom is -0.493 e.